The van der Waals surface area contributed by atoms with Gasteiger partial charge in [-0.1, -0.05) is 18.2 Å². The van der Waals surface area contributed by atoms with E-state index in [1.54, 1.807) is 13.0 Å². The second-order valence-corrected chi connectivity index (χ2v) is 3.43. The van der Waals surface area contributed by atoms with Gasteiger partial charge in [-0.05, 0) is 30.7 Å². The predicted octanol–water partition coefficient (Wildman–Crippen LogP) is 2.35. The molecule has 0 bridgehead atoms. The molecule has 74 valence electrons. The van der Waals surface area contributed by atoms with Gasteiger partial charge in [-0.15, -0.1) is 0 Å². The molecule has 0 radical (unpaired) electrons. The van der Waals surface area contributed by atoms with Crippen molar-refractivity contribution in [1.82, 2.24) is 0 Å². The van der Waals surface area contributed by atoms with Crippen LogP contribution in [-0.2, 0) is 4.79 Å². The van der Waals surface area contributed by atoms with E-state index in [4.69, 9.17) is 0 Å². The first-order valence-corrected chi connectivity index (χ1v) is 4.55. The Labute approximate surface area is 84.9 Å². The van der Waals surface area contributed by atoms with E-state index in [-0.39, 0.29) is 5.78 Å². The third kappa shape index (κ3) is 3.05. The average Bonchev–Trinajstić information content (AvgIpc) is 2.15. The van der Waals surface area contributed by atoms with E-state index in [0.717, 1.165) is 11.3 Å². The molecule has 0 unspecified atom stereocenters. The van der Waals surface area contributed by atoms with Crippen LogP contribution in [0.15, 0.2) is 30.3 Å². The molecule has 0 saturated heterocycles. The molecule has 1 aromatic rings. The van der Waals surface area contributed by atoms with Gasteiger partial charge >= 0.3 is 0 Å². The second kappa shape index (κ2) is 4.61. The van der Waals surface area contributed by atoms with Crippen molar-refractivity contribution in [2.24, 2.45) is 0 Å². The van der Waals surface area contributed by atoms with E-state index in [0.29, 0.717) is 0 Å². The summed E-state index contributed by atoms with van der Waals surface area (Å²) >= 11 is 0. The van der Waals surface area contributed by atoms with Crippen molar-refractivity contribution in [2.45, 2.75) is 6.92 Å². The van der Waals surface area contributed by atoms with E-state index >= 15 is 0 Å². The molecule has 0 amide bonds. The largest absolute Gasteiger partial charge is 0.378 e. The van der Waals surface area contributed by atoms with E-state index in [2.05, 4.69) is 0 Å². The first kappa shape index (κ1) is 10.5. The normalized spacial score (nSPS) is 10.5. The number of nitrogens with zero attached hydrogens (tertiary/aromatic N) is 1. The fourth-order valence-electron chi connectivity index (χ4n) is 1.12. The fourth-order valence-corrected chi connectivity index (χ4v) is 1.12. The number of rotatable bonds is 3. The number of hydrogen-bond acceptors (Lipinski definition) is 2. The molecule has 0 saturated carbocycles. The smallest absolute Gasteiger partial charge is 0.152 e. The highest BCUT2D eigenvalue weighted by Crippen LogP contribution is 2.14. The third-order valence-corrected chi connectivity index (χ3v) is 1.90. The highest BCUT2D eigenvalue weighted by molar-refractivity contribution is 5.91. The van der Waals surface area contributed by atoms with Crippen LogP contribution in [0.3, 0.4) is 0 Å². The lowest BCUT2D eigenvalue weighted by atomic mass is 10.1. The van der Waals surface area contributed by atoms with Gasteiger partial charge in [-0.2, -0.15) is 0 Å². The molecular formula is C12H15NO. The Bertz CT molecular complexity index is 353. The molecule has 2 nitrogen and oxygen atoms in total. The van der Waals surface area contributed by atoms with Gasteiger partial charge in [0, 0.05) is 19.8 Å². The highest BCUT2D eigenvalue weighted by Gasteiger charge is 1.94. The summed E-state index contributed by atoms with van der Waals surface area (Å²) in [5.41, 5.74) is 2.18. The third-order valence-electron chi connectivity index (χ3n) is 1.90. The number of anilines is 1. The monoisotopic (exact) mass is 189 g/mol. The minimum absolute atomic E-state index is 0.0697. The van der Waals surface area contributed by atoms with Crippen LogP contribution in [0.25, 0.3) is 6.08 Å². The van der Waals surface area contributed by atoms with Crippen molar-refractivity contribution in [1.29, 1.82) is 0 Å². The lowest BCUT2D eigenvalue weighted by Gasteiger charge is -2.12. The van der Waals surface area contributed by atoms with E-state index in [1.807, 2.05) is 49.3 Å². The molecule has 1 aromatic carbocycles. The number of hydrogen-bond donors (Lipinski definition) is 0. The zero-order chi connectivity index (χ0) is 10.6. The van der Waals surface area contributed by atoms with Crippen molar-refractivity contribution < 1.29 is 4.79 Å². The van der Waals surface area contributed by atoms with Crippen LogP contribution < -0.4 is 4.90 Å². The van der Waals surface area contributed by atoms with E-state index in [1.165, 1.54) is 0 Å². The molecule has 0 spiro atoms. The molecule has 0 aliphatic carbocycles. The number of allylic oxidation sites excluding steroid dienone is 1. The van der Waals surface area contributed by atoms with Crippen molar-refractivity contribution in [3.8, 4) is 0 Å². The van der Waals surface area contributed by atoms with Gasteiger partial charge in [0.15, 0.2) is 5.78 Å². The zero-order valence-electron chi connectivity index (χ0n) is 8.82. The van der Waals surface area contributed by atoms with Gasteiger partial charge in [0.1, 0.15) is 0 Å². The summed E-state index contributed by atoms with van der Waals surface area (Å²) in [6, 6.07) is 8.03. The molecule has 0 atom stereocenters. The van der Waals surface area contributed by atoms with Crippen LogP contribution in [0, 0.1) is 0 Å². The van der Waals surface area contributed by atoms with Gasteiger partial charge in [0.25, 0.3) is 0 Å². The average molecular weight is 189 g/mol. The maximum atomic E-state index is 10.7. The summed E-state index contributed by atoms with van der Waals surface area (Å²) in [7, 11) is 3.99. The number of carbonyl (C=O) groups excluding carboxylic acids is 1. The molecule has 0 fully saturated rings. The van der Waals surface area contributed by atoms with Crippen LogP contribution in [-0.4, -0.2) is 19.9 Å². The highest BCUT2D eigenvalue weighted by atomic mass is 16.1. The molecule has 0 aliphatic heterocycles. The maximum absolute atomic E-state index is 10.7. The SMILES string of the molecule is CC(=O)C=Cc1cccc(N(C)C)c1. The van der Waals surface area contributed by atoms with Crippen LogP contribution in [0.5, 0.6) is 0 Å². The van der Waals surface area contributed by atoms with E-state index < -0.39 is 0 Å². The lowest BCUT2D eigenvalue weighted by Crippen LogP contribution is -2.08. The zero-order valence-corrected chi connectivity index (χ0v) is 8.82. The summed E-state index contributed by atoms with van der Waals surface area (Å²) in [6.45, 7) is 1.55. The molecule has 1 rings (SSSR count). The van der Waals surface area contributed by atoms with Crippen LogP contribution in [0.4, 0.5) is 5.69 Å². The molecule has 0 aliphatic rings. The van der Waals surface area contributed by atoms with Crippen LogP contribution >= 0.6 is 0 Å². The van der Waals surface area contributed by atoms with Gasteiger partial charge < -0.3 is 4.90 Å². The van der Waals surface area contributed by atoms with Gasteiger partial charge in [0.05, 0.1) is 0 Å². The Kier molecular flexibility index (Phi) is 3.46. The fraction of sp³-hybridized carbons (Fsp3) is 0.250. The topological polar surface area (TPSA) is 20.3 Å². The van der Waals surface area contributed by atoms with Crippen molar-refractivity contribution in [3.05, 3.63) is 35.9 Å². The Morgan fingerprint density at radius 2 is 2.07 bits per heavy atom. The van der Waals surface area contributed by atoms with Crippen molar-refractivity contribution >= 4 is 17.5 Å². The van der Waals surface area contributed by atoms with Gasteiger partial charge in [0.2, 0.25) is 0 Å². The summed E-state index contributed by atoms with van der Waals surface area (Å²) in [6.07, 6.45) is 3.41. The lowest BCUT2D eigenvalue weighted by molar-refractivity contribution is -0.112. The number of benzene rings is 1. The first-order valence-electron chi connectivity index (χ1n) is 4.55. The maximum Gasteiger partial charge on any atom is 0.152 e. The summed E-state index contributed by atoms with van der Waals surface area (Å²) < 4.78 is 0. The standard InChI is InChI=1S/C12H15NO/c1-10(14)7-8-11-5-4-6-12(9-11)13(2)3/h4-9H,1-3H3. The summed E-state index contributed by atoms with van der Waals surface area (Å²) in [5, 5.41) is 0. The van der Waals surface area contributed by atoms with Crippen LogP contribution in [0.1, 0.15) is 12.5 Å². The first-order chi connectivity index (χ1) is 6.59. The molecule has 0 aromatic heterocycles. The molecule has 0 heterocycles. The van der Waals surface area contributed by atoms with Crippen molar-refractivity contribution in [3.63, 3.8) is 0 Å². The predicted molar refractivity (Wildman–Crippen MR) is 60.5 cm³/mol. The second-order valence-electron chi connectivity index (χ2n) is 3.43. The Morgan fingerprint density at radius 3 is 2.64 bits per heavy atom. The van der Waals surface area contributed by atoms with Gasteiger partial charge in [-0.25, -0.2) is 0 Å². The Morgan fingerprint density at radius 1 is 1.36 bits per heavy atom. The summed E-state index contributed by atoms with van der Waals surface area (Å²) in [5.74, 6) is 0.0697. The minimum Gasteiger partial charge on any atom is -0.378 e. The van der Waals surface area contributed by atoms with Crippen molar-refractivity contribution in [2.75, 3.05) is 19.0 Å². The number of ketones is 1. The molecule has 14 heavy (non-hydrogen) atoms. The quantitative estimate of drug-likeness (QED) is 0.680. The molecule has 0 N–H and O–H groups in total. The van der Waals surface area contributed by atoms with Crippen LogP contribution in [0.2, 0.25) is 0 Å². The molecule has 2 heteroatoms. The Balaban J connectivity index is 2.89. The minimum atomic E-state index is 0.0697. The Hall–Kier alpha value is -1.57. The van der Waals surface area contributed by atoms with Gasteiger partial charge in [-0.3, -0.25) is 4.79 Å². The number of carbonyl (C=O) groups is 1. The molecular weight excluding hydrogens is 174 g/mol. The summed E-state index contributed by atoms with van der Waals surface area (Å²) in [4.78, 5) is 12.8. The van der Waals surface area contributed by atoms with E-state index in [9.17, 15) is 4.79 Å².